The van der Waals surface area contributed by atoms with Crippen LogP contribution in [0.15, 0.2) is 17.2 Å². The molecule has 7 heteroatoms. The van der Waals surface area contributed by atoms with Gasteiger partial charge < -0.3 is 4.74 Å². The van der Waals surface area contributed by atoms with E-state index < -0.39 is 23.4 Å². The number of unbranched alkanes of at least 4 members (excludes halogenated alkanes) is 3. The lowest BCUT2D eigenvalue weighted by molar-refractivity contribution is -0.131. The SMILES string of the molecule is CCCCCCSc1cc(OC(C)=O)c2cc(F)c(F)c(F)c2n1. The van der Waals surface area contributed by atoms with E-state index in [0.29, 0.717) is 5.03 Å². The van der Waals surface area contributed by atoms with Crippen LogP contribution in [-0.4, -0.2) is 16.7 Å². The monoisotopic (exact) mass is 357 g/mol. The quantitative estimate of drug-likeness (QED) is 0.294. The van der Waals surface area contributed by atoms with E-state index >= 15 is 0 Å². The fraction of sp³-hybridized carbons (Fsp3) is 0.412. The molecule has 0 atom stereocenters. The average Bonchev–Trinajstić information content (AvgIpc) is 2.53. The third-order valence-corrected chi connectivity index (χ3v) is 4.38. The van der Waals surface area contributed by atoms with E-state index in [9.17, 15) is 18.0 Å². The highest BCUT2D eigenvalue weighted by Gasteiger charge is 2.19. The summed E-state index contributed by atoms with van der Waals surface area (Å²) in [5, 5.41) is 0.331. The normalized spacial score (nSPS) is 11.0. The first-order chi connectivity index (χ1) is 11.4. The molecule has 2 aromatic rings. The van der Waals surface area contributed by atoms with Crippen LogP contribution in [0.4, 0.5) is 13.2 Å². The third kappa shape index (κ3) is 4.41. The number of carbonyl (C=O) groups is 1. The molecule has 3 nitrogen and oxygen atoms in total. The zero-order chi connectivity index (χ0) is 17.7. The number of carbonyl (C=O) groups excluding carboxylic acids is 1. The van der Waals surface area contributed by atoms with Gasteiger partial charge in [-0.3, -0.25) is 4.79 Å². The zero-order valence-electron chi connectivity index (χ0n) is 13.5. The van der Waals surface area contributed by atoms with Gasteiger partial charge in [0.2, 0.25) is 0 Å². The van der Waals surface area contributed by atoms with E-state index in [1.54, 1.807) is 0 Å². The van der Waals surface area contributed by atoms with Gasteiger partial charge in [0.1, 0.15) is 16.3 Å². The Hall–Kier alpha value is -1.76. The highest BCUT2D eigenvalue weighted by atomic mass is 32.2. The highest BCUT2D eigenvalue weighted by Crippen LogP contribution is 2.33. The first kappa shape index (κ1) is 18.6. The summed E-state index contributed by atoms with van der Waals surface area (Å²) in [6.07, 6.45) is 4.28. The number of nitrogens with zero attached hydrogens (tertiary/aromatic N) is 1. The maximum Gasteiger partial charge on any atom is 0.308 e. The molecule has 0 saturated heterocycles. The molecule has 0 aliphatic heterocycles. The maximum atomic E-state index is 14.0. The van der Waals surface area contributed by atoms with Crippen molar-refractivity contribution in [3.8, 4) is 5.75 Å². The fourth-order valence-electron chi connectivity index (χ4n) is 2.23. The molecule has 24 heavy (non-hydrogen) atoms. The first-order valence-electron chi connectivity index (χ1n) is 7.73. The second-order valence-corrected chi connectivity index (χ2v) is 6.46. The van der Waals surface area contributed by atoms with E-state index in [1.807, 2.05) is 0 Å². The molecule has 1 heterocycles. The molecule has 0 spiro atoms. The van der Waals surface area contributed by atoms with Crippen molar-refractivity contribution < 1.29 is 22.7 Å². The van der Waals surface area contributed by atoms with E-state index in [2.05, 4.69) is 11.9 Å². The van der Waals surface area contributed by atoms with Crippen LogP contribution in [-0.2, 0) is 4.79 Å². The number of pyridine rings is 1. The Morgan fingerprint density at radius 1 is 1.17 bits per heavy atom. The van der Waals surface area contributed by atoms with Crippen molar-refractivity contribution in [1.82, 2.24) is 4.98 Å². The van der Waals surface area contributed by atoms with Crippen molar-refractivity contribution in [2.24, 2.45) is 0 Å². The van der Waals surface area contributed by atoms with Gasteiger partial charge in [0.25, 0.3) is 0 Å². The lowest BCUT2D eigenvalue weighted by Crippen LogP contribution is -2.04. The standard InChI is InChI=1S/C17H18F3NO2S/c1-3-4-5-6-7-24-14-9-13(23-10(2)22)11-8-12(18)15(19)16(20)17(11)21-14/h8-9H,3-7H2,1-2H3. The van der Waals surface area contributed by atoms with E-state index in [1.165, 1.54) is 24.8 Å². The number of thioether (sulfide) groups is 1. The summed E-state index contributed by atoms with van der Waals surface area (Å²) in [6.45, 7) is 3.29. The Morgan fingerprint density at radius 3 is 2.58 bits per heavy atom. The highest BCUT2D eigenvalue weighted by molar-refractivity contribution is 7.99. The molecule has 0 aliphatic rings. The molecule has 0 N–H and O–H groups in total. The molecule has 0 aliphatic carbocycles. The molecular weight excluding hydrogens is 339 g/mol. The summed E-state index contributed by atoms with van der Waals surface area (Å²) in [5.74, 6) is -4.23. The largest absolute Gasteiger partial charge is 0.426 e. The van der Waals surface area contributed by atoms with Crippen LogP contribution in [0.25, 0.3) is 10.9 Å². The van der Waals surface area contributed by atoms with Gasteiger partial charge in [-0.1, -0.05) is 26.2 Å². The van der Waals surface area contributed by atoms with Crippen molar-refractivity contribution in [2.45, 2.75) is 44.6 Å². The summed E-state index contributed by atoms with van der Waals surface area (Å²) in [4.78, 5) is 15.3. The Morgan fingerprint density at radius 2 is 1.92 bits per heavy atom. The third-order valence-electron chi connectivity index (χ3n) is 3.38. The molecule has 0 radical (unpaired) electrons. The van der Waals surface area contributed by atoms with E-state index in [-0.39, 0.29) is 16.7 Å². The van der Waals surface area contributed by atoms with Crippen molar-refractivity contribution >= 4 is 28.6 Å². The number of ether oxygens (including phenoxy) is 1. The molecule has 130 valence electrons. The molecule has 1 aromatic heterocycles. The summed E-state index contributed by atoms with van der Waals surface area (Å²) in [7, 11) is 0. The molecule has 1 aromatic carbocycles. The van der Waals surface area contributed by atoms with Gasteiger partial charge in [0.15, 0.2) is 17.5 Å². The smallest absolute Gasteiger partial charge is 0.308 e. The van der Waals surface area contributed by atoms with Crippen LogP contribution in [0.1, 0.15) is 39.5 Å². The summed E-state index contributed by atoms with van der Waals surface area (Å²) in [5.41, 5.74) is -0.344. The van der Waals surface area contributed by atoms with Crippen LogP contribution >= 0.6 is 11.8 Å². The first-order valence-corrected chi connectivity index (χ1v) is 8.72. The van der Waals surface area contributed by atoms with Gasteiger partial charge in [0, 0.05) is 18.4 Å². The second-order valence-electron chi connectivity index (χ2n) is 5.34. The Bertz CT molecular complexity index is 752. The molecule has 0 fully saturated rings. The van der Waals surface area contributed by atoms with Gasteiger partial charge in [-0.25, -0.2) is 18.2 Å². The van der Waals surface area contributed by atoms with Gasteiger partial charge in [-0.05, 0) is 18.2 Å². The number of aromatic nitrogens is 1. The number of fused-ring (bicyclic) bond motifs is 1. The average molecular weight is 357 g/mol. The summed E-state index contributed by atoms with van der Waals surface area (Å²) >= 11 is 1.36. The Labute approximate surface area is 142 Å². The van der Waals surface area contributed by atoms with E-state index in [4.69, 9.17) is 4.74 Å². The van der Waals surface area contributed by atoms with E-state index in [0.717, 1.165) is 37.5 Å². The lowest BCUT2D eigenvalue weighted by atomic mass is 10.2. The van der Waals surface area contributed by atoms with Gasteiger partial charge in [0.05, 0.1) is 0 Å². The number of hydrogen-bond acceptors (Lipinski definition) is 4. The molecule has 2 rings (SSSR count). The minimum Gasteiger partial charge on any atom is -0.426 e. The number of rotatable bonds is 7. The van der Waals surface area contributed by atoms with Crippen LogP contribution in [0, 0.1) is 17.5 Å². The van der Waals surface area contributed by atoms with Crippen molar-refractivity contribution in [3.05, 3.63) is 29.6 Å². The van der Waals surface area contributed by atoms with Crippen LogP contribution in [0.3, 0.4) is 0 Å². The molecular formula is C17H18F3NO2S. The Balaban J connectivity index is 2.37. The summed E-state index contributed by atoms with van der Waals surface area (Å²) < 4.78 is 46.0. The van der Waals surface area contributed by atoms with Crippen molar-refractivity contribution in [2.75, 3.05) is 5.75 Å². The van der Waals surface area contributed by atoms with Gasteiger partial charge >= 0.3 is 5.97 Å². The topological polar surface area (TPSA) is 39.2 Å². The Kier molecular flexibility index (Phi) is 6.48. The number of benzene rings is 1. The molecule has 0 saturated carbocycles. The van der Waals surface area contributed by atoms with Crippen molar-refractivity contribution in [3.63, 3.8) is 0 Å². The predicted octanol–water partition coefficient (Wildman–Crippen LogP) is 5.25. The fourth-order valence-corrected chi connectivity index (χ4v) is 3.14. The van der Waals surface area contributed by atoms with Crippen molar-refractivity contribution in [1.29, 1.82) is 0 Å². The predicted molar refractivity (Wildman–Crippen MR) is 87.8 cm³/mol. The summed E-state index contributed by atoms with van der Waals surface area (Å²) in [6, 6.07) is 2.24. The molecule has 0 unspecified atom stereocenters. The van der Waals surface area contributed by atoms with Crippen LogP contribution < -0.4 is 4.74 Å². The minimum absolute atomic E-state index is 0.0265. The zero-order valence-corrected chi connectivity index (χ0v) is 14.3. The second kappa shape index (κ2) is 8.37. The molecule has 0 amide bonds. The van der Waals surface area contributed by atoms with Crippen LogP contribution in [0.2, 0.25) is 0 Å². The van der Waals surface area contributed by atoms with Gasteiger partial charge in [-0.2, -0.15) is 0 Å². The number of halogens is 3. The lowest BCUT2D eigenvalue weighted by Gasteiger charge is -2.10. The number of hydrogen-bond donors (Lipinski definition) is 0. The van der Waals surface area contributed by atoms with Crippen LogP contribution in [0.5, 0.6) is 5.75 Å². The number of esters is 1. The molecule has 0 bridgehead atoms. The van der Waals surface area contributed by atoms with Gasteiger partial charge in [-0.15, -0.1) is 11.8 Å². The maximum absolute atomic E-state index is 14.0. The minimum atomic E-state index is -1.59.